The Kier molecular flexibility index (Phi) is 43.7. The van der Waals surface area contributed by atoms with Crippen LogP contribution in [0.2, 0.25) is 18.1 Å². The van der Waals surface area contributed by atoms with Crippen molar-refractivity contribution in [2.45, 2.75) is 88.8 Å². The van der Waals surface area contributed by atoms with Crippen LogP contribution in [0.15, 0.2) is 108 Å². The zero-order valence-corrected chi connectivity index (χ0v) is 71.7. The summed E-state index contributed by atoms with van der Waals surface area (Å²) in [7, 11) is 0.150. The topological polar surface area (TPSA) is 181 Å². The van der Waals surface area contributed by atoms with Gasteiger partial charge < -0.3 is 52.4 Å². The molecule has 1 aliphatic heterocycles. The van der Waals surface area contributed by atoms with Gasteiger partial charge in [-0.15, -0.1) is 19.3 Å². The van der Waals surface area contributed by atoms with Crippen molar-refractivity contribution in [3.63, 3.8) is 0 Å². The predicted octanol–water partition coefficient (Wildman–Crippen LogP) is 8.10. The number of hydrogen-bond acceptors (Lipinski definition) is 14. The minimum Gasteiger partial charge on any atom is -0.497 e. The molecule has 4 atom stereocenters. The van der Waals surface area contributed by atoms with Crippen LogP contribution in [0.5, 0.6) is 28.7 Å². The van der Waals surface area contributed by atoms with Gasteiger partial charge in [-0.1, -0.05) is 75.4 Å². The number of benzene rings is 4. The fourth-order valence-electron chi connectivity index (χ4n) is 9.46. The van der Waals surface area contributed by atoms with Gasteiger partial charge in [-0.3, -0.25) is 14.2 Å². The lowest BCUT2D eigenvalue weighted by atomic mass is 9.80. The second kappa shape index (κ2) is 58.0. The van der Waals surface area contributed by atoms with Gasteiger partial charge in [0.05, 0.1) is 27.2 Å². The highest BCUT2D eigenvalue weighted by Crippen LogP contribution is 2.46. The molecular formula is C114H55N3O13Si. The van der Waals surface area contributed by atoms with Gasteiger partial charge in [-0.05, 0) is 226 Å². The van der Waals surface area contributed by atoms with E-state index in [4.69, 9.17) is 61.6 Å². The second-order valence-electron chi connectivity index (χ2n) is 25.3. The number of nitrogens with zero attached hydrogens (tertiary/aromatic N) is 2. The van der Waals surface area contributed by atoms with Crippen LogP contribution in [-0.4, -0.2) is 74.7 Å². The summed E-state index contributed by atoms with van der Waals surface area (Å²) in [5.41, 5.74) is -0.584. The van der Waals surface area contributed by atoms with E-state index in [1.54, 1.807) is 38.5 Å². The number of rotatable bonds is 20. The summed E-state index contributed by atoms with van der Waals surface area (Å²) in [6, 6.07) is 27.9. The van der Waals surface area contributed by atoms with E-state index in [0.29, 0.717) is 28.2 Å². The van der Waals surface area contributed by atoms with Crippen molar-refractivity contribution in [2.75, 3.05) is 26.1 Å². The quantitative estimate of drug-likeness (QED) is 0.0342. The fraction of sp³-hybridized carbons (Fsp3) is 0.149. The summed E-state index contributed by atoms with van der Waals surface area (Å²) >= 11 is 0. The first kappa shape index (κ1) is 98.8. The molecule has 131 heavy (non-hydrogen) atoms. The van der Waals surface area contributed by atoms with E-state index in [1.807, 2.05) is 88.5 Å². The van der Waals surface area contributed by atoms with Crippen molar-refractivity contribution in [3.8, 4) is 422 Å². The maximum Gasteiger partial charge on any atom is 0.351 e. The molecule has 1 unspecified atom stereocenters. The lowest BCUT2D eigenvalue weighted by molar-refractivity contribution is -0.159. The van der Waals surface area contributed by atoms with E-state index >= 15 is 0 Å². The minimum atomic E-state index is -2.97. The van der Waals surface area contributed by atoms with Gasteiger partial charge in [-0.2, -0.15) is 4.98 Å². The molecule has 0 bridgehead atoms. The molecule has 2 heterocycles. The Morgan fingerprint density at radius 3 is 1.08 bits per heavy atom. The number of ether oxygens (including phenoxy) is 8. The van der Waals surface area contributed by atoms with Crippen LogP contribution in [0.25, 0.3) is 0 Å². The van der Waals surface area contributed by atoms with Gasteiger partial charge in [0.15, 0.2) is 32.1 Å². The Hall–Kier alpha value is -21.1. The SMILES string of the molecule is C#CC#CC#CC#CC#CC#CC#CC#CC#CC#CC#COc1cc(C(=O)Nc2ccn([C@@H]3O[C@H](COC(c4ccccc4)(c4ccc(OC)cc4)c4ccc(OC)cc4)C(OC(=O)CCC(C)=O)[C@@H]3O[Si](C)(C)C(C)(C)C)c(=O)n2)cc(OC#CC#CC#CC#CC#CC#CC#CC#CC#CC#CC#C)c1OC#CC#CC#CC#CC#CC#CC#CC#CC#CC#CC#C. The van der Waals surface area contributed by atoms with Gasteiger partial charge in [0.2, 0.25) is 5.75 Å². The molecule has 6 rings (SSSR count). The van der Waals surface area contributed by atoms with Crippen LogP contribution in [0.3, 0.4) is 0 Å². The van der Waals surface area contributed by atoms with E-state index in [9.17, 15) is 19.2 Å². The van der Waals surface area contributed by atoms with Crippen molar-refractivity contribution in [1.29, 1.82) is 0 Å². The van der Waals surface area contributed by atoms with Crippen LogP contribution in [0, 0.1) is 393 Å². The number of methoxy groups -OCH3 is 2. The van der Waals surface area contributed by atoms with E-state index in [1.165, 1.54) is 31.3 Å². The highest BCUT2D eigenvalue weighted by Gasteiger charge is 2.54. The summed E-state index contributed by atoms with van der Waals surface area (Å²) in [5.74, 6) is 146. The molecule has 1 fully saturated rings. The van der Waals surface area contributed by atoms with Crippen LogP contribution in [0.1, 0.15) is 73.8 Å². The average Bonchev–Trinajstić information content (AvgIpc) is 1.72. The molecule has 608 valence electrons. The number of amides is 1. The maximum atomic E-state index is 15.0. The third-order valence-corrected chi connectivity index (χ3v) is 20.4. The lowest BCUT2D eigenvalue weighted by Gasteiger charge is -2.40. The number of nitrogens with one attached hydrogen (secondary N) is 1. The smallest absolute Gasteiger partial charge is 0.351 e. The number of carbonyl (C=O) groups excluding carboxylic acids is 3. The van der Waals surface area contributed by atoms with Gasteiger partial charge >= 0.3 is 11.7 Å². The third-order valence-electron chi connectivity index (χ3n) is 16.0. The van der Waals surface area contributed by atoms with Crippen molar-refractivity contribution >= 4 is 31.8 Å². The van der Waals surface area contributed by atoms with E-state index in [2.05, 4.69) is 384 Å². The standard InChI is InChI=1S/C114H55N3O13Si/c1-12-15-18-21-24-27-30-33-36-39-42-45-48-51-54-57-60-63-66-72-89-124-102-92-96(93-103(125-90-73-67-64-61-58-55-52-49-46-43-40-37-34-31-28-25-22-19-16-13-2)107(102)126-91-74-68-65-62-59-56-53-50-47-44-41-38-35-32-29-26-23-20-17-14-3)110(120)115-105-87-88-117(112(121)116-105)111-109(130-131(10,11)113(5,6)7)108(129-106(119)86-77-95(4)118)104(128-111)94-127-114(97-75-70-69-71-76-97,98-78-82-100(122-8)83-79-98)99-80-84-101(123-9)85-81-99/h1-3,69-71,75-76,78-85,87-88,92-93,104,108-109,111H,77,86,94H2,4-11H3,(H,115,116,120,121)/t104-,108?,109+,111-/m1/s1. The summed E-state index contributed by atoms with van der Waals surface area (Å²) in [5, 5.41) is 2.17. The molecular weight excluding hydrogens is 1650 g/mol. The molecule has 0 saturated carbocycles. The van der Waals surface area contributed by atoms with Crippen molar-refractivity contribution in [2.24, 2.45) is 0 Å². The van der Waals surface area contributed by atoms with E-state index in [-0.39, 0.29) is 53.9 Å². The van der Waals surface area contributed by atoms with E-state index in [0.717, 1.165) is 4.57 Å². The first-order chi connectivity index (χ1) is 63.9. The summed E-state index contributed by atoms with van der Waals surface area (Å²) in [4.78, 5) is 60.6. The number of Topliss-reactive ketones (excluding diaryl/α,β-unsaturated/α-hetero) is 1. The molecule has 1 saturated heterocycles. The number of terminal acetylenes is 3. The predicted molar refractivity (Wildman–Crippen MR) is 499 cm³/mol. The fourth-order valence-corrected chi connectivity index (χ4v) is 10.7. The average molecular weight is 1700 g/mol. The first-order valence-electron chi connectivity index (χ1n) is 37.4. The molecule has 1 N–H and O–H groups in total. The Balaban J connectivity index is 1.44. The zero-order chi connectivity index (χ0) is 93.9. The molecule has 5 aromatic rings. The first-order valence-corrected chi connectivity index (χ1v) is 40.3. The van der Waals surface area contributed by atoms with Gasteiger partial charge in [0.25, 0.3) is 5.91 Å². The van der Waals surface area contributed by atoms with E-state index < -0.39 is 61.1 Å². The van der Waals surface area contributed by atoms with Gasteiger partial charge in [0.1, 0.15) is 59.2 Å². The summed E-state index contributed by atoms with van der Waals surface area (Å²) in [6.45, 7) is 11.0. The molecule has 1 aromatic heterocycles. The molecule has 4 aromatic carbocycles. The van der Waals surface area contributed by atoms with Crippen molar-refractivity contribution in [1.82, 2.24) is 9.55 Å². The van der Waals surface area contributed by atoms with Crippen molar-refractivity contribution < 1.29 is 56.7 Å². The van der Waals surface area contributed by atoms with Crippen molar-refractivity contribution in [3.05, 3.63) is 136 Å². The summed E-state index contributed by atoms with van der Waals surface area (Å²) in [6.07, 6.45) is 18.1. The largest absolute Gasteiger partial charge is 0.497 e. The maximum absolute atomic E-state index is 15.0. The molecule has 0 spiro atoms. The van der Waals surface area contributed by atoms with Crippen LogP contribution >= 0.6 is 0 Å². The highest BCUT2D eigenvalue weighted by molar-refractivity contribution is 6.74. The molecule has 16 nitrogen and oxygen atoms in total. The Morgan fingerprint density at radius 1 is 0.435 bits per heavy atom. The van der Waals surface area contributed by atoms with Gasteiger partial charge in [-0.25, -0.2) is 4.79 Å². The molecule has 0 aliphatic carbocycles. The molecule has 1 aliphatic rings. The number of ketones is 1. The number of esters is 1. The van der Waals surface area contributed by atoms with Crippen LogP contribution < -0.4 is 34.7 Å². The normalized spacial score (nSPS) is 10.8. The Morgan fingerprint density at radius 2 is 0.763 bits per heavy atom. The minimum absolute atomic E-state index is 0.130. The highest BCUT2D eigenvalue weighted by atomic mass is 28.4. The number of hydrogen-bond donors (Lipinski definition) is 1. The van der Waals surface area contributed by atoms with Gasteiger partial charge in [0, 0.05) is 231 Å². The second-order valence-corrected chi connectivity index (χ2v) is 30.1. The van der Waals surface area contributed by atoms with Crippen LogP contribution in [0.4, 0.5) is 5.82 Å². The lowest BCUT2D eigenvalue weighted by Crippen LogP contribution is -2.51. The monoisotopic (exact) mass is 1700 g/mol. The zero-order valence-electron chi connectivity index (χ0n) is 70.7. The molecule has 17 heteroatoms. The molecule has 0 radical (unpaired) electrons. The summed E-state index contributed by atoms with van der Waals surface area (Å²) < 4.78 is 57.9. The van der Waals surface area contributed by atoms with Crippen LogP contribution in [-0.2, 0) is 33.8 Å². The number of aromatic nitrogens is 2. The Labute approximate surface area is 765 Å². The molecule has 1 amide bonds. The Bertz CT molecular complexity index is 7500. The third kappa shape index (κ3) is 36.8. The number of carbonyl (C=O) groups is 3. The number of anilines is 1.